The summed E-state index contributed by atoms with van der Waals surface area (Å²) in [5, 5.41) is 2.92. The maximum Gasteiger partial charge on any atom is 0.254 e. The number of nitrogens with zero attached hydrogens (tertiary/aromatic N) is 2. The van der Waals surface area contributed by atoms with Crippen molar-refractivity contribution >= 4 is 17.5 Å². The van der Waals surface area contributed by atoms with Crippen LogP contribution in [0.5, 0.6) is 0 Å². The first-order valence-electron chi connectivity index (χ1n) is 10.1. The van der Waals surface area contributed by atoms with Crippen LogP contribution in [0.3, 0.4) is 0 Å². The lowest BCUT2D eigenvalue weighted by atomic mass is 10.1. The average molecular weight is 377 g/mol. The van der Waals surface area contributed by atoms with Crippen LogP contribution in [-0.2, 0) is 11.3 Å². The van der Waals surface area contributed by atoms with Crippen molar-refractivity contribution in [1.82, 2.24) is 9.80 Å². The molecule has 2 aromatic rings. The van der Waals surface area contributed by atoms with Crippen molar-refractivity contribution < 1.29 is 9.59 Å². The quantitative estimate of drug-likeness (QED) is 0.870. The molecule has 5 heteroatoms. The monoisotopic (exact) mass is 377 g/mol. The van der Waals surface area contributed by atoms with Gasteiger partial charge < -0.3 is 10.2 Å². The van der Waals surface area contributed by atoms with Crippen molar-refractivity contribution in [2.45, 2.75) is 26.3 Å². The number of benzene rings is 2. The topological polar surface area (TPSA) is 52.6 Å². The summed E-state index contributed by atoms with van der Waals surface area (Å²) in [6, 6.07) is 15.9. The molecule has 1 heterocycles. The molecule has 146 valence electrons. The Morgan fingerprint density at radius 1 is 1.00 bits per heavy atom. The Morgan fingerprint density at radius 2 is 1.75 bits per heavy atom. The van der Waals surface area contributed by atoms with Gasteiger partial charge in [0.1, 0.15) is 0 Å². The van der Waals surface area contributed by atoms with Gasteiger partial charge in [0, 0.05) is 49.9 Å². The molecule has 0 radical (unpaired) electrons. The highest BCUT2D eigenvalue weighted by Gasteiger charge is 2.29. The third-order valence-electron chi connectivity index (χ3n) is 5.47. The minimum absolute atomic E-state index is 0.0396. The first-order chi connectivity index (χ1) is 13.6. The maximum absolute atomic E-state index is 12.9. The fraction of sp³-hybridized carbons (Fsp3) is 0.391. The van der Waals surface area contributed by atoms with Crippen LogP contribution in [0.1, 0.15) is 34.3 Å². The molecule has 5 nitrogen and oxygen atoms in total. The van der Waals surface area contributed by atoms with E-state index in [4.69, 9.17) is 0 Å². The van der Waals surface area contributed by atoms with Gasteiger partial charge in [0.2, 0.25) is 5.91 Å². The number of carbonyl (C=O) groups excluding carboxylic acids is 2. The Hall–Kier alpha value is -2.66. The summed E-state index contributed by atoms with van der Waals surface area (Å²) >= 11 is 0. The van der Waals surface area contributed by atoms with Gasteiger partial charge in [0.05, 0.1) is 0 Å². The van der Waals surface area contributed by atoms with Crippen LogP contribution in [0, 0.1) is 12.8 Å². The third kappa shape index (κ3) is 4.60. The Kier molecular flexibility index (Phi) is 5.44. The normalized spacial score (nSPS) is 17.4. The van der Waals surface area contributed by atoms with Crippen molar-refractivity contribution in [2.75, 3.05) is 31.5 Å². The molecule has 4 rings (SSSR count). The molecular weight excluding hydrogens is 350 g/mol. The van der Waals surface area contributed by atoms with Gasteiger partial charge in [-0.15, -0.1) is 0 Å². The molecule has 2 aromatic carbocycles. The van der Waals surface area contributed by atoms with E-state index >= 15 is 0 Å². The molecule has 2 amide bonds. The van der Waals surface area contributed by atoms with Crippen LogP contribution in [0.4, 0.5) is 5.69 Å². The number of carbonyl (C=O) groups is 2. The lowest BCUT2D eigenvalue weighted by molar-refractivity contribution is -0.117. The second-order valence-corrected chi connectivity index (χ2v) is 7.90. The third-order valence-corrected chi connectivity index (χ3v) is 5.47. The summed E-state index contributed by atoms with van der Waals surface area (Å²) in [5.41, 5.74) is 3.94. The van der Waals surface area contributed by atoms with Crippen LogP contribution >= 0.6 is 0 Å². The number of aryl methyl sites for hydroxylation is 1. The summed E-state index contributed by atoms with van der Waals surface area (Å²) in [6.45, 7) is 6.23. The lowest BCUT2D eigenvalue weighted by Gasteiger charge is -2.35. The van der Waals surface area contributed by atoms with Crippen molar-refractivity contribution in [1.29, 1.82) is 0 Å². The van der Waals surface area contributed by atoms with E-state index in [1.54, 1.807) is 6.07 Å². The van der Waals surface area contributed by atoms with Gasteiger partial charge in [-0.1, -0.05) is 35.9 Å². The predicted octanol–water partition coefficient (Wildman–Crippen LogP) is 3.30. The molecule has 0 unspecified atom stereocenters. The Balaban J connectivity index is 1.33. The number of piperazine rings is 1. The summed E-state index contributed by atoms with van der Waals surface area (Å²) in [5.74, 6) is 0.257. The summed E-state index contributed by atoms with van der Waals surface area (Å²) < 4.78 is 0. The smallest absolute Gasteiger partial charge is 0.254 e. The fourth-order valence-corrected chi connectivity index (χ4v) is 3.68. The van der Waals surface area contributed by atoms with E-state index in [0.717, 1.165) is 45.6 Å². The largest absolute Gasteiger partial charge is 0.336 e. The van der Waals surface area contributed by atoms with Gasteiger partial charge in [0.15, 0.2) is 0 Å². The van der Waals surface area contributed by atoms with Crippen LogP contribution in [-0.4, -0.2) is 47.8 Å². The first-order valence-corrected chi connectivity index (χ1v) is 10.1. The van der Waals surface area contributed by atoms with Crippen molar-refractivity contribution in [3.05, 3.63) is 65.2 Å². The molecule has 0 aromatic heterocycles. The maximum atomic E-state index is 12.9. The van der Waals surface area contributed by atoms with Gasteiger partial charge in [0.25, 0.3) is 5.91 Å². The van der Waals surface area contributed by atoms with Gasteiger partial charge in [-0.05, 0) is 43.5 Å². The summed E-state index contributed by atoms with van der Waals surface area (Å²) in [6.07, 6.45) is 1.94. The number of hydrogen-bond donors (Lipinski definition) is 1. The molecule has 0 bridgehead atoms. The molecule has 0 atom stereocenters. The fourth-order valence-electron chi connectivity index (χ4n) is 3.68. The molecule has 1 saturated carbocycles. The average Bonchev–Trinajstić information content (AvgIpc) is 3.54. The van der Waals surface area contributed by atoms with E-state index in [1.165, 1.54) is 11.1 Å². The molecule has 1 N–H and O–H groups in total. The molecule has 1 saturated heterocycles. The SMILES string of the molecule is Cc1cccc(CN2CCN(C(=O)c3cccc(NC(=O)C4CC4)c3)CC2)c1. The van der Waals surface area contributed by atoms with Crippen LogP contribution in [0.15, 0.2) is 48.5 Å². The molecule has 1 aliphatic heterocycles. The van der Waals surface area contributed by atoms with E-state index in [1.807, 2.05) is 23.1 Å². The molecule has 2 fully saturated rings. The van der Waals surface area contributed by atoms with Gasteiger partial charge >= 0.3 is 0 Å². The number of nitrogens with one attached hydrogen (secondary N) is 1. The molecule has 2 aliphatic rings. The molecule has 28 heavy (non-hydrogen) atoms. The van der Waals surface area contributed by atoms with E-state index in [0.29, 0.717) is 11.3 Å². The highest BCUT2D eigenvalue weighted by atomic mass is 16.2. The zero-order valence-corrected chi connectivity index (χ0v) is 16.4. The van der Waals surface area contributed by atoms with Crippen molar-refractivity contribution in [2.24, 2.45) is 5.92 Å². The minimum Gasteiger partial charge on any atom is -0.336 e. The zero-order chi connectivity index (χ0) is 19.5. The Morgan fingerprint density at radius 3 is 2.46 bits per heavy atom. The highest BCUT2D eigenvalue weighted by molar-refractivity contribution is 5.98. The zero-order valence-electron chi connectivity index (χ0n) is 16.4. The number of anilines is 1. The van der Waals surface area contributed by atoms with Crippen LogP contribution in [0.2, 0.25) is 0 Å². The van der Waals surface area contributed by atoms with E-state index < -0.39 is 0 Å². The van der Waals surface area contributed by atoms with Crippen LogP contribution in [0.25, 0.3) is 0 Å². The molecule has 1 aliphatic carbocycles. The van der Waals surface area contributed by atoms with E-state index in [9.17, 15) is 9.59 Å². The molecule has 0 spiro atoms. The van der Waals surface area contributed by atoms with Gasteiger partial charge in [-0.3, -0.25) is 14.5 Å². The summed E-state index contributed by atoms with van der Waals surface area (Å²) in [7, 11) is 0. The van der Waals surface area contributed by atoms with Crippen molar-refractivity contribution in [3.8, 4) is 0 Å². The Bertz CT molecular complexity index is 868. The van der Waals surface area contributed by atoms with Crippen LogP contribution < -0.4 is 5.32 Å². The highest BCUT2D eigenvalue weighted by Crippen LogP contribution is 2.30. The van der Waals surface area contributed by atoms with E-state index in [-0.39, 0.29) is 17.7 Å². The summed E-state index contributed by atoms with van der Waals surface area (Å²) in [4.78, 5) is 29.1. The number of amides is 2. The number of hydrogen-bond acceptors (Lipinski definition) is 3. The standard InChI is InChI=1S/C23H27N3O2/c1-17-4-2-5-18(14-17)16-25-10-12-26(13-11-25)23(28)20-6-3-7-21(15-20)24-22(27)19-8-9-19/h2-7,14-15,19H,8-13,16H2,1H3,(H,24,27). The lowest BCUT2D eigenvalue weighted by Crippen LogP contribution is -2.48. The second kappa shape index (κ2) is 8.15. The second-order valence-electron chi connectivity index (χ2n) is 7.90. The molecular formula is C23H27N3O2. The first kappa shape index (κ1) is 18.7. The van der Waals surface area contributed by atoms with Crippen molar-refractivity contribution in [3.63, 3.8) is 0 Å². The van der Waals surface area contributed by atoms with E-state index in [2.05, 4.69) is 41.4 Å². The van der Waals surface area contributed by atoms with Gasteiger partial charge in [-0.25, -0.2) is 0 Å². The Labute approximate surface area is 166 Å². The predicted molar refractivity (Wildman–Crippen MR) is 110 cm³/mol. The van der Waals surface area contributed by atoms with Gasteiger partial charge in [-0.2, -0.15) is 0 Å². The number of rotatable bonds is 5. The minimum atomic E-state index is 0.0396.